The number of fused-ring (bicyclic) bond motifs is 3. The van der Waals surface area contributed by atoms with E-state index in [1.807, 2.05) is 12.1 Å². The lowest BCUT2D eigenvalue weighted by Gasteiger charge is -2.19. The molecule has 0 bridgehead atoms. The lowest BCUT2D eigenvalue weighted by atomic mass is 10.00. The van der Waals surface area contributed by atoms with E-state index in [0.717, 1.165) is 34.6 Å². The van der Waals surface area contributed by atoms with Crippen molar-refractivity contribution < 1.29 is 9.47 Å². The first kappa shape index (κ1) is 10.9. The van der Waals surface area contributed by atoms with E-state index in [9.17, 15) is 0 Å². The lowest BCUT2D eigenvalue weighted by molar-refractivity contribution is 0.172. The van der Waals surface area contributed by atoms with E-state index in [0.29, 0.717) is 13.2 Å². The summed E-state index contributed by atoms with van der Waals surface area (Å²) < 4.78 is 11.2. The topological polar surface area (TPSA) is 43.4 Å². The molecule has 1 N–H and O–H groups in total. The summed E-state index contributed by atoms with van der Waals surface area (Å²) in [5.41, 5.74) is 2.31. The number of hydrogen-bond acceptors (Lipinski definition) is 4. The van der Waals surface area contributed by atoms with Gasteiger partial charge in [0.2, 0.25) is 0 Å². The van der Waals surface area contributed by atoms with E-state index < -0.39 is 0 Å². The van der Waals surface area contributed by atoms with Crippen LogP contribution in [0, 0.1) is 0 Å². The SMILES string of the molecule is CC1(C)Cc2cc3cc4c(cc3nc2N1)OCCO4. The highest BCUT2D eigenvalue weighted by Gasteiger charge is 2.29. The molecule has 2 aliphatic rings. The van der Waals surface area contributed by atoms with Crippen LogP contribution < -0.4 is 14.8 Å². The van der Waals surface area contributed by atoms with Gasteiger partial charge < -0.3 is 14.8 Å². The average Bonchev–Trinajstić information content (AvgIpc) is 2.66. The van der Waals surface area contributed by atoms with E-state index in [1.165, 1.54) is 5.56 Å². The number of pyridine rings is 1. The summed E-state index contributed by atoms with van der Waals surface area (Å²) in [4.78, 5) is 4.71. The van der Waals surface area contributed by atoms with Crippen molar-refractivity contribution in [2.45, 2.75) is 25.8 Å². The molecule has 98 valence electrons. The van der Waals surface area contributed by atoms with Crippen molar-refractivity contribution in [3.05, 3.63) is 23.8 Å². The molecule has 0 saturated heterocycles. The zero-order valence-electron chi connectivity index (χ0n) is 11.1. The Morgan fingerprint density at radius 1 is 1.11 bits per heavy atom. The molecule has 4 heteroatoms. The second-order valence-electron chi connectivity index (χ2n) is 5.87. The maximum atomic E-state index is 5.62. The number of ether oxygens (including phenoxy) is 2. The molecule has 0 unspecified atom stereocenters. The Morgan fingerprint density at radius 2 is 1.84 bits per heavy atom. The minimum absolute atomic E-state index is 0.0827. The van der Waals surface area contributed by atoms with Crippen LogP contribution in [0.25, 0.3) is 10.9 Å². The van der Waals surface area contributed by atoms with E-state index in [-0.39, 0.29) is 5.54 Å². The first-order valence-corrected chi connectivity index (χ1v) is 6.62. The Labute approximate surface area is 111 Å². The molecule has 0 atom stereocenters. The summed E-state index contributed by atoms with van der Waals surface area (Å²) in [6.45, 7) is 5.60. The third kappa shape index (κ3) is 1.70. The molecule has 4 rings (SSSR count). The summed E-state index contributed by atoms with van der Waals surface area (Å²) in [6.07, 6.45) is 1.000. The van der Waals surface area contributed by atoms with Gasteiger partial charge in [-0.1, -0.05) is 0 Å². The minimum atomic E-state index is 0.0827. The molecule has 4 nitrogen and oxygen atoms in total. The predicted molar refractivity (Wildman–Crippen MR) is 74.1 cm³/mol. The maximum Gasteiger partial charge on any atom is 0.163 e. The molecule has 2 aromatic rings. The number of rotatable bonds is 0. The van der Waals surface area contributed by atoms with E-state index in [1.54, 1.807) is 0 Å². The van der Waals surface area contributed by atoms with Gasteiger partial charge in [-0.2, -0.15) is 0 Å². The molecule has 0 amide bonds. The van der Waals surface area contributed by atoms with E-state index in [2.05, 4.69) is 25.2 Å². The Balaban J connectivity index is 1.90. The number of anilines is 1. The average molecular weight is 256 g/mol. The van der Waals surface area contributed by atoms with Gasteiger partial charge >= 0.3 is 0 Å². The number of nitrogens with one attached hydrogen (secondary N) is 1. The van der Waals surface area contributed by atoms with Crippen LogP contribution in [0.3, 0.4) is 0 Å². The molecule has 1 aromatic heterocycles. The van der Waals surface area contributed by atoms with Gasteiger partial charge in [0.25, 0.3) is 0 Å². The Morgan fingerprint density at radius 3 is 2.63 bits per heavy atom. The fraction of sp³-hybridized carbons (Fsp3) is 0.400. The van der Waals surface area contributed by atoms with Crippen LogP contribution in [-0.4, -0.2) is 23.7 Å². The van der Waals surface area contributed by atoms with Gasteiger partial charge in [-0.3, -0.25) is 0 Å². The van der Waals surface area contributed by atoms with Crippen molar-refractivity contribution in [2.75, 3.05) is 18.5 Å². The molecular formula is C15H16N2O2. The van der Waals surface area contributed by atoms with Gasteiger partial charge in [-0.05, 0) is 38.0 Å². The summed E-state index contributed by atoms with van der Waals surface area (Å²) >= 11 is 0. The monoisotopic (exact) mass is 256 g/mol. The Bertz CT molecular complexity index is 623. The molecule has 3 heterocycles. The summed E-state index contributed by atoms with van der Waals surface area (Å²) in [5, 5.41) is 4.58. The number of nitrogens with zero attached hydrogens (tertiary/aromatic N) is 1. The molecule has 0 radical (unpaired) electrons. The quantitative estimate of drug-likeness (QED) is 0.787. The molecule has 0 aliphatic carbocycles. The van der Waals surface area contributed by atoms with Gasteiger partial charge in [0.15, 0.2) is 11.5 Å². The Hall–Kier alpha value is -1.97. The van der Waals surface area contributed by atoms with Gasteiger partial charge in [-0.25, -0.2) is 4.98 Å². The number of hydrogen-bond donors (Lipinski definition) is 1. The normalized spacial score (nSPS) is 19.1. The number of benzene rings is 1. The zero-order valence-corrected chi connectivity index (χ0v) is 11.1. The van der Waals surface area contributed by atoms with Crippen molar-refractivity contribution in [1.29, 1.82) is 0 Å². The summed E-state index contributed by atoms with van der Waals surface area (Å²) in [5.74, 6) is 2.61. The highest BCUT2D eigenvalue weighted by molar-refractivity contribution is 5.86. The van der Waals surface area contributed by atoms with Crippen LogP contribution >= 0.6 is 0 Å². The lowest BCUT2D eigenvalue weighted by Crippen LogP contribution is -2.27. The standard InChI is InChI=1S/C15H16N2O2/c1-15(2)8-10-5-9-6-12-13(19-4-3-18-12)7-11(9)16-14(10)17-15/h5-7H,3-4,8H2,1-2H3,(H,16,17). The second kappa shape index (κ2) is 3.53. The van der Waals surface area contributed by atoms with E-state index >= 15 is 0 Å². The van der Waals surface area contributed by atoms with Crippen molar-refractivity contribution in [2.24, 2.45) is 0 Å². The molecule has 19 heavy (non-hydrogen) atoms. The van der Waals surface area contributed by atoms with Crippen LogP contribution in [0.2, 0.25) is 0 Å². The molecular weight excluding hydrogens is 240 g/mol. The second-order valence-corrected chi connectivity index (χ2v) is 5.87. The summed E-state index contributed by atoms with van der Waals surface area (Å²) in [7, 11) is 0. The molecule has 1 aromatic carbocycles. The third-order valence-corrected chi connectivity index (χ3v) is 3.65. The smallest absolute Gasteiger partial charge is 0.163 e. The highest BCUT2D eigenvalue weighted by Crippen LogP contribution is 2.38. The first-order valence-electron chi connectivity index (χ1n) is 6.62. The van der Waals surface area contributed by atoms with Crippen LogP contribution in [0.15, 0.2) is 18.2 Å². The van der Waals surface area contributed by atoms with Crippen LogP contribution in [0.5, 0.6) is 11.5 Å². The fourth-order valence-electron chi connectivity index (χ4n) is 2.84. The van der Waals surface area contributed by atoms with Gasteiger partial charge in [0.1, 0.15) is 19.0 Å². The minimum Gasteiger partial charge on any atom is -0.486 e. The van der Waals surface area contributed by atoms with Crippen molar-refractivity contribution in [3.8, 4) is 11.5 Å². The molecule has 2 aliphatic heterocycles. The van der Waals surface area contributed by atoms with Crippen LogP contribution in [0.1, 0.15) is 19.4 Å². The third-order valence-electron chi connectivity index (χ3n) is 3.65. The molecule has 0 saturated carbocycles. The predicted octanol–water partition coefficient (Wildman–Crippen LogP) is 2.75. The van der Waals surface area contributed by atoms with Crippen LogP contribution in [0.4, 0.5) is 5.82 Å². The maximum absolute atomic E-state index is 5.62. The van der Waals surface area contributed by atoms with Gasteiger partial charge in [-0.15, -0.1) is 0 Å². The largest absolute Gasteiger partial charge is 0.486 e. The highest BCUT2D eigenvalue weighted by atomic mass is 16.6. The van der Waals surface area contributed by atoms with Gasteiger partial charge in [0, 0.05) is 17.0 Å². The fourth-order valence-corrected chi connectivity index (χ4v) is 2.84. The van der Waals surface area contributed by atoms with Gasteiger partial charge in [0.05, 0.1) is 5.52 Å². The number of aromatic nitrogens is 1. The molecule has 0 fully saturated rings. The van der Waals surface area contributed by atoms with Crippen LogP contribution in [-0.2, 0) is 6.42 Å². The molecule has 0 spiro atoms. The zero-order chi connectivity index (χ0) is 13.0. The van der Waals surface area contributed by atoms with Crippen molar-refractivity contribution in [1.82, 2.24) is 4.98 Å². The van der Waals surface area contributed by atoms with Crippen molar-refractivity contribution in [3.63, 3.8) is 0 Å². The first-order chi connectivity index (χ1) is 9.11. The Kier molecular flexibility index (Phi) is 2.03. The van der Waals surface area contributed by atoms with Crippen molar-refractivity contribution >= 4 is 16.7 Å². The summed E-state index contributed by atoms with van der Waals surface area (Å²) in [6, 6.07) is 6.21. The van der Waals surface area contributed by atoms with E-state index in [4.69, 9.17) is 14.5 Å².